The van der Waals surface area contributed by atoms with Crippen molar-refractivity contribution < 1.29 is 18.0 Å². The molecule has 3 nitrogen and oxygen atoms in total. The van der Waals surface area contributed by atoms with Crippen molar-refractivity contribution in [2.45, 2.75) is 57.2 Å². The average molecular weight is 292 g/mol. The Labute approximate surface area is 117 Å². The zero-order valence-corrected chi connectivity index (χ0v) is 11.7. The minimum Gasteiger partial charge on any atom is -0.338 e. The predicted octanol–water partition coefficient (Wildman–Crippen LogP) is 2.69. The molecule has 2 atom stereocenters. The molecule has 2 aliphatic carbocycles. The monoisotopic (exact) mass is 292 g/mol. The summed E-state index contributed by atoms with van der Waals surface area (Å²) < 4.78 is 38.5. The van der Waals surface area contributed by atoms with Crippen LogP contribution in [0, 0.1) is 11.8 Å². The molecule has 1 amide bonds. The van der Waals surface area contributed by atoms with Gasteiger partial charge < -0.3 is 10.6 Å². The fourth-order valence-electron chi connectivity index (χ4n) is 3.26. The molecule has 0 spiro atoms. The summed E-state index contributed by atoms with van der Waals surface area (Å²) >= 11 is 0. The lowest BCUT2D eigenvalue weighted by Gasteiger charge is -2.41. The number of halogens is 3. The molecule has 0 aromatic heterocycles. The highest BCUT2D eigenvalue weighted by Gasteiger charge is 2.44. The number of nitrogens with zero attached hydrogens (tertiary/aromatic N) is 1. The zero-order chi connectivity index (χ0) is 14.8. The van der Waals surface area contributed by atoms with Crippen molar-refractivity contribution in [2.24, 2.45) is 17.6 Å². The fraction of sp³-hybridized carbons (Fsp3) is 0.929. The van der Waals surface area contributed by atoms with Crippen molar-refractivity contribution in [1.29, 1.82) is 0 Å². The molecular formula is C14H23F3N2O. The standard InChI is InChI=1S/C14H23F3N2O/c15-14(16,17)11-4-1-3-10(9-11)13(20)19(8-7-18)12-5-2-6-12/h10-12H,1-9,18H2. The maximum absolute atomic E-state index is 12.8. The smallest absolute Gasteiger partial charge is 0.338 e. The van der Waals surface area contributed by atoms with Gasteiger partial charge in [0.1, 0.15) is 0 Å². The first-order valence-corrected chi connectivity index (χ1v) is 7.50. The van der Waals surface area contributed by atoms with Gasteiger partial charge >= 0.3 is 6.18 Å². The first-order chi connectivity index (χ1) is 9.43. The number of alkyl halides is 3. The summed E-state index contributed by atoms with van der Waals surface area (Å²) in [6, 6.07) is 0.206. The predicted molar refractivity (Wildman–Crippen MR) is 69.9 cm³/mol. The normalized spacial score (nSPS) is 28.0. The van der Waals surface area contributed by atoms with Crippen molar-refractivity contribution in [2.75, 3.05) is 13.1 Å². The van der Waals surface area contributed by atoms with E-state index in [0.717, 1.165) is 19.3 Å². The maximum atomic E-state index is 12.8. The lowest BCUT2D eigenvalue weighted by atomic mass is 9.79. The van der Waals surface area contributed by atoms with Gasteiger partial charge in [-0.15, -0.1) is 0 Å². The Morgan fingerprint density at radius 3 is 2.30 bits per heavy atom. The topological polar surface area (TPSA) is 46.3 Å². The summed E-state index contributed by atoms with van der Waals surface area (Å²) in [5, 5.41) is 0. The van der Waals surface area contributed by atoms with Gasteiger partial charge in [0.05, 0.1) is 5.92 Å². The van der Waals surface area contributed by atoms with Gasteiger partial charge in [0, 0.05) is 25.0 Å². The van der Waals surface area contributed by atoms with Gasteiger partial charge in [-0.3, -0.25) is 4.79 Å². The van der Waals surface area contributed by atoms with Gasteiger partial charge in [-0.1, -0.05) is 6.42 Å². The van der Waals surface area contributed by atoms with E-state index in [-0.39, 0.29) is 24.8 Å². The van der Waals surface area contributed by atoms with Crippen molar-refractivity contribution >= 4 is 5.91 Å². The van der Waals surface area contributed by atoms with Gasteiger partial charge in [0.25, 0.3) is 0 Å². The van der Waals surface area contributed by atoms with E-state index in [9.17, 15) is 18.0 Å². The van der Waals surface area contributed by atoms with Crippen LogP contribution in [0.5, 0.6) is 0 Å². The molecule has 0 radical (unpaired) electrons. The molecule has 0 bridgehead atoms. The lowest BCUT2D eigenvalue weighted by molar-refractivity contribution is -0.187. The summed E-state index contributed by atoms with van der Waals surface area (Å²) in [5.41, 5.74) is 5.54. The van der Waals surface area contributed by atoms with E-state index in [1.807, 2.05) is 0 Å². The number of carbonyl (C=O) groups is 1. The van der Waals surface area contributed by atoms with E-state index >= 15 is 0 Å². The average Bonchev–Trinajstić information content (AvgIpc) is 2.34. The Kier molecular flexibility index (Phi) is 4.94. The first-order valence-electron chi connectivity index (χ1n) is 7.50. The first kappa shape index (κ1) is 15.6. The number of hydrogen-bond acceptors (Lipinski definition) is 2. The third-order valence-corrected chi connectivity index (χ3v) is 4.65. The summed E-state index contributed by atoms with van der Waals surface area (Å²) in [6.45, 7) is 0.842. The molecule has 2 unspecified atom stereocenters. The van der Waals surface area contributed by atoms with Crippen molar-refractivity contribution in [3.8, 4) is 0 Å². The molecule has 20 heavy (non-hydrogen) atoms. The second-order valence-electron chi connectivity index (χ2n) is 6.01. The van der Waals surface area contributed by atoms with Crippen LogP contribution in [0.3, 0.4) is 0 Å². The number of rotatable bonds is 4. The van der Waals surface area contributed by atoms with E-state index in [1.54, 1.807) is 4.90 Å². The summed E-state index contributed by atoms with van der Waals surface area (Å²) in [6.07, 6.45) is 0.0237. The summed E-state index contributed by atoms with van der Waals surface area (Å²) in [7, 11) is 0. The molecule has 2 rings (SSSR count). The van der Waals surface area contributed by atoms with Crippen LogP contribution >= 0.6 is 0 Å². The molecule has 0 aromatic carbocycles. The third kappa shape index (κ3) is 3.45. The van der Waals surface area contributed by atoms with Crippen LogP contribution in [0.15, 0.2) is 0 Å². The molecule has 0 heterocycles. The van der Waals surface area contributed by atoms with Crippen LogP contribution in [-0.4, -0.2) is 36.1 Å². The van der Waals surface area contributed by atoms with Crippen LogP contribution in [0.2, 0.25) is 0 Å². The van der Waals surface area contributed by atoms with Crippen LogP contribution < -0.4 is 5.73 Å². The fourth-order valence-corrected chi connectivity index (χ4v) is 3.26. The summed E-state index contributed by atoms with van der Waals surface area (Å²) in [4.78, 5) is 14.2. The van der Waals surface area contributed by atoms with Gasteiger partial charge in [-0.2, -0.15) is 13.2 Å². The third-order valence-electron chi connectivity index (χ3n) is 4.65. The van der Waals surface area contributed by atoms with E-state index in [1.165, 1.54) is 0 Å². The van der Waals surface area contributed by atoms with Crippen LogP contribution in [0.1, 0.15) is 44.9 Å². The molecule has 2 fully saturated rings. The Hall–Kier alpha value is -0.780. The molecular weight excluding hydrogens is 269 g/mol. The number of amides is 1. The Balaban J connectivity index is 1.99. The van der Waals surface area contributed by atoms with Crippen molar-refractivity contribution in [3.05, 3.63) is 0 Å². The van der Waals surface area contributed by atoms with Gasteiger partial charge in [-0.25, -0.2) is 0 Å². The quantitative estimate of drug-likeness (QED) is 0.866. The SMILES string of the molecule is NCCN(C(=O)C1CCCC(C(F)(F)F)C1)C1CCC1. The van der Waals surface area contributed by atoms with E-state index < -0.39 is 18.0 Å². The maximum Gasteiger partial charge on any atom is 0.391 e. The summed E-state index contributed by atoms with van der Waals surface area (Å²) in [5.74, 6) is -1.89. The molecule has 116 valence electrons. The minimum absolute atomic E-state index is 0.0455. The molecule has 2 saturated carbocycles. The number of nitrogens with two attached hydrogens (primary N) is 1. The second kappa shape index (κ2) is 6.33. The van der Waals surface area contributed by atoms with E-state index in [4.69, 9.17) is 5.73 Å². The van der Waals surface area contributed by atoms with Crippen molar-refractivity contribution in [1.82, 2.24) is 4.90 Å². The molecule has 6 heteroatoms. The molecule has 2 N–H and O–H groups in total. The second-order valence-corrected chi connectivity index (χ2v) is 6.01. The van der Waals surface area contributed by atoms with E-state index in [2.05, 4.69) is 0 Å². The number of hydrogen-bond donors (Lipinski definition) is 1. The highest BCUT2D eigenvalue weighted by atomic mass is 19.4. The van der Waals surface area contributed by atoms with Crippen LogP contribution in [0.4, 0.5) is 13.2 Å². The lowest BCUT2D eigenvalue weighted by Crippen LogP contribution is -2.50. The minimum atomic E-state index is -4.17. The largest absolute Gasteiger partial charge is 0.391 e. The van der Waals surface area contributed by atoms with Gasteiger partial charge in [-0.05, 0) is 38.5 Å². The highest BCUT2D eigenvalue weighted by molar-refractivity contribution is 5.79. The van der Waals surface area contributed by atoms with Crippen LogP contribution in [-0.2, 0) is 4.79 Å². The Morgan fingerprint density at radius 1 is 1.15 bits per heavy atom. The molecule has 0 aliphatic heterocycles. The zero-order valence-electron chi connectivity index (χ0n) is 11.7. The van der Waals surface area contributed by atoms with Crippen molar-refractivity contribution in [3.63, 3.8) is 0 Å². The highest BCUT2D eigenvalue weighted by Crippen LogP contribution is 2.41. The number of carbonyl (C=O) groups excluding carboxylic acids is 1. The van der Waals surface area contributed by atoms with Gasteiger partial charge in [0.15, 0.2) is 0 Å². The molecule has 2 aliphatic rings. The Bertz CT molecular complexity index is 342. The van der Waals surface area contributed by atoms with Gasteiger partial charge in [0.2, 0.25) is 5.91 Å². The van der Waals surface area contributed by atoms with Crippen LogP contribution in [0.25, 0.3) is 0 Å². The molecule has 0 aromatic rings. The van der Waals surface area contributed by atoms with E-state index in [0.29, 0.717) is 25.9 Å². The molecule has 0 saturated heterocycles. The Morgan fingerprint density at radius 2 is 1.80 bits per heavy atom.